The molecule has 0 amide bonds. The monoisotopic (exact) mass is 236 g/mol. The second kappa shape index (κ2) is 3.86. The zero-order valence-corrected chi connectivity index (χ0v) is 9.28. The summed E-state index contributed by atoms with van der Waals surface area (Å²) < 4.78 is 1.42. The van der Waals surface area contributed by atoms with Crippen LogP contribution in [0, 0.1) is 11.3 Å². The first-order chi connectivity index (χ1) is 8.79. The van der Waals surface area contributed by atoms with E-state index < -0.39 is 0 Å². The van der Waals surface area contributed by atoms with Gasteiger partial charge in [-0.3, -0.25) is 0 Å². The summed E-state index contributed by atoms with van der Waals surface area (Å²) in [5.41, 5.74) is 1.58. The molecule has 1 aromatic carbocycles. The van der Waals surface area contributed by atoms with Crippen molar-refractivity contribution in [2.75, 3.05) is 0 Å². The van der Waals surface area contributed by atoms with Gasteiger partial charge >= 0.3 is 0 Å². The van der Waals surface area contributed by atoms with Gasteiger partial charge in [-0.15, -0.1) is 0 Å². The predicted octanol–water partition coefficient (Wildman–Crippen LogP) is 2.00. The van der Waals surface area contributed by atoms with Crippen LogP contribution >= 0.6 is 0 Å². The Morgan fingerprint density at radius 2 is 2.00 bits per heavy atom. The number of para-hydroxylation sites is 1. The Balaban J connectivity index is 2.27. The van der Waals surface area contributed by atoms with Gasteiger partial charge in [0.15, 0.2) is 0 Å². The highest BCUT2D eigenvalue weighted by atomic mass is 16.3. The molecule has 5 nitrogen and oxygen atoms in total. The van der Waals surface area contributed by atoms with Gasteiger partial charge < -0.3 is 5.11 Å². The van der Waals surface area contributed by atoms with Gasteiger partial charge in [0, 0.05) is 12.3 Å². The number of fused-ring (bicyclic) bond motifs is 1. The lowest BCUT2D eigenvalue weighted by atomic mass is 10.3. The van der Waals surface area contributed by atoms with Crippen LogP contribution in [0.15, 0.2) is 42.6 Å². The molecular weight excluding hydrogens is 228 g/mol. The Morgan fingerprint density at radius 1 is 1.22 bits per heavy atom. The molecule has 18 heavy (non-hydrogen) atoms. The summed E-state index contributed by atoms with van der Waals surface area (Å²) in [4.78, 5) is 3.92. The molecule has 3 rings (SSSR count). The van der Waals surface area contributed by atoms with Crippen LogP contribution in [0.1, 0.15) is 5.69 Å². The van der Waals surface area contributed by atoms with Crippen molar-refractivity contribution < 1.29 is 5.11 Å². The third-order valence-electron chi connectivity index (χ3n) is 2.65. The number of aromatic nitrogens is 3. The minimum atomic E-state index is 0.0215. The normalized spacial score (nSPS) is 10.4. The molecule has 2 heterocycles. The fraction of sp³-hybridized carbons (Fsp3) is 0. The molecule has 86 valence electrons. The maximum Gasteiger partial charge on any atom is 0.223 e. The van der Waals surface area contributed by atoms with Crippen LogP contribution in [0.2, 0.25) is 0 Å². The van der Waals surface area contributed by atoms with Gasteiger partial charge in [-0.1, -0.05) is 18.2 Å². The molecule has 0 aliphatic carbocycles. The average Bonchev–Trinajstić information content (AvgIpc) is 2.76. The Bertz CT molecular complexity index is 756. The molecule has 0 unspecified atom stereocenters. The molecule has 0 fully saturated rings. The Hall–Kier alpha value is -2.87. The summed E-state index contributed by atoms with van der Waals surface area (Å²) in [6.07, 6.45) is 1.45. The van der Waals surface area contributed by atoms with Gasteiger partial charge in [-0.2, -0.15) is 10.4 Å². The van der Waals surface area contributed by atoms with Crippen molar-refractivity contribution in [2.45, 2.75) is 0 Å². The Morgan fingerprint density at radius 3 is 2.72 bits per heavy atom. The van der Waals surface area contributed by atoms with Crippen molar-refractivity contribution in [2.24, 2.45) is 0 Å². The molecule has 0 atom stereocenters. The molecule has 0 saturated heterocycles. The van der Waals surface area contributed by atoms with Gasteiger partial charge in [0.2, 0.25) is 5.88 Å². The van der Waals surface area contributed by atoms with E-state index in [2.05, 4.69) is 10.1 Å². The van der Waals surface area contributed by atoms with Crippen LogP contribution in [0.4, 0.5) is 0 Å². The lowest BCUT2D eigenvalue weighted by molar-refractivity contribution is 0.438. The van der Waals surface area contributed by atoms with Gasteiger partial charge in [0.25, 0.3) is 0 Å². The maximum atomic E-state index is 10.1. The second-order valence-corrected chi connectivity index (χ2v) is 3.77. The summed E-state index contributed by atoms with van der Waals surface area (Å²) in [7, 11) is 0. The van der Waals surface area contributed by atoms with Crippen molar-refractivity contribution >= 4 is 10.9 Å². The highest BCUT2D eigenvalue weighted by Crippen LogP contribution is 2.26. The number of nitriles is 1. The lowest BCUT2D eigenvalue weighted by Crippen LogP contribution is -1.94. The summed E-state index contributed by atoms with van der Waals surface area (Å²) in [6.45, 7) is 0. The molecule has 5 heteroatoms. The van der Waals surface area contributed by atoms with Crippen molar-refractivity contribution in [1.29, 1.82) is 5.26 Å². The number of benzene rings is 1. The van der Waals surface area contributed by atoms with E-state index in [0.29, 0.717) is 10.9 Å². The number of aromatic hydroxyl groups is 1. The summed E-state index contributed by atoms with van der Waals surface area (Å²) in [6, 6.07) is 12.8. The van der Waals surface area contributed by atoms with E-state index in [1.54, 1.807) is 6.07 Å². The standard InChI is InChI=1S/C13H8N4O/c14-7-9-6-12-11(8-15-9)13(18)17(16-12)10-4-2-1-3-5-10/h1-6,8,18H. The maximum absolute atomic E-state index is 10.1. The van der Waals surface area contributed by atoms with Crippen LogP contribution in [-0.4, -0.2) is 19.9 Å². The zero-order valence-electron chi connectivity index (χ0n) is 9.28. The minimum absolute atomic E-state index is 0.0215. The van der Waals surface area contributed by atoms with E-state index in [4.69, 9.17) is 5.26 Å². The molecule has 0 aliphatic rings. The summed E-state index contributed by atoms with van der Waals surface area (Å²) in [5, 5.41) is 23.7. The fourth-order valence-corrected chi connectivity index (χ4v) is 1.78. The third-order valence-corrected chi connectivity index (χ3v) is 2.65. The van der Waals surface area contributed by atoms with E-state index in [-0.39, 0.29) is 11.6 Å². The fourth-order valence-electron chi connectivity index (χ4n) is 1.78. The Kier molecular flexibility index (Phi) is 2.21. The van der Waals surface area contributed by atoms with E-state index in [1.807, 2.05) is 36.4 Å². The van der Waals surface area contributed by atoms with Gasteiger partial charge in [0.1, 0.15) is 17.3 Å². The quantitative estimate of drug-likeness (QED) is 0.701. The number of pyridine rings is 1. The first-order valence-electron chi connectivity index (χ1n) is 5.33. The van der Waals surface area contributed by atoms with Crippen LogP contribution in [-0.2, 0) is 0 Å². The first kappa shape index (κ1) is 10.3. The summed E-state index contributed by atoms with van der Waals surface area (Å²) >= 11 is 0. The highest BCUT2D eigenvalue weighted by Gasteiger charge is 2.12. The molecule has 0 spiro atoms. The van der Waals surface area contributed by atoms with Crippen molar-refractivity contribution in [3.05, 3.63) is 48.3 Å². The minimum Gasteiger partial charge on any atom is -0.493 e. The average molecular weight is 236 g/mol. The molecule has 0 bridgehead atoms. The topological polar surface area (TPSA) is 74.7 Å². The SMILES string of the molecule is N#Cc1cc2nn(-c3ccccc3)c(O)c2cn1. The zero-order chi connectivity index (χ0) is 12.5. The molecular formula is C13H8N4O. The summed E-state index contributed by atoms with van der Waals surface area (Å²) in [5.74, 6) is 0.0215. The van der Waals surface area contributed by atoms with E-state index >= 15 is 0 Å². The molecule has 1 N–H and O–H groups in total. The predicted molar refractivity (Wildman–Crippen MR) is 65.2 cm³/mol. The second-order valence-electron chi connectivity index (χ2n) is 3.77. The molecule has 0 saturated carbocycles. The van der Waals surface area contributed by atoms with E-state index in [1.165, 1.54) is 10.9 Å². The van der Waals surface area contributed by atoms with Crippen LogP contribution < -0.4 is 0 Å². The lowest BCUT2D eigenvalue weighted by Gasteiger charge is -2.01. The smallest absolute Gasteiger partial charge is 0.223 e. The first-order valence-corrected chi connectivity index (χ1v) is 5.33. The van der Waals surface area contributed by atoms with E-state index in [0.717, 1.165) is 5.69 Å². The van der Waals surface area contributed by atoms with Gasteiger partial charge in [-0.05, 0) is 12.1 Å². The largest absolute Gasteiger partial charge is 0.493 e. The Labute approximate surface area is 103 Å². The van der Waals surface area contributed by atoms with E-state index in [9.17, 15) is 5.11 Å². The highest BCUT2D eigenvalue weighted by molar-refractivity contribution is 5.84. The third kappa shape index (κ3) is 1.48. The molecule has 0 radical (unpaired) electrons. The molecule has 3 aromatic rings. The van der Waals surface area contributed by atoms with Crippen LogP contribution in [0.3, 0.4) is 0 Å². The van der Waals surface area contributed by atoms with Gasteiger partial charge in [-0.25, -0.2) is 9.67 Å². The van der Waals surface area contributed by atoms with Gasteiger partial charge in [0.05, 0.1) is 11.1 Å². The number of nitrogens with zero attached hydrogens (tertiary/aromatic N) is 4. The van der Waals surface area contributed by atoms with Crippen molar-refractivity contribution in [3.8, 4) is 17.6 Å². The molecule has 2 aromatic heterocycles. The number of hydrogen-bond acceptors (Lipinski definition) is 4. The number of hydrogen-bond donors (Lipinski definition) is 1. The van der Waals surface area contributed by atoms with Crippen molar-refractivity contribution in [1.82, 2.24) is 14.8 Å². The van der Waals surface area contributed by atoms with Crippen LogP contribution in [0.5, 0.6) is 5.88 Å². The van der Waals surface area contributed by atoms with Crippen LogP contribution in [0.25, 0.3) is 16.6 Å². The number of rotatable bonds is 1. The molecule has 0 aliphatic heterocycles. The van der Waals surface area contributed by atoms with Crippen molar-refractivity contribution in [3.63, 3.8) is 0 Å².